The summed E-state index contributed by atoms with van der Waals surface area (Å²) in [5.41, 5.74) is 3.31. The van der Waals surface area contributed by atoms with Crippen LogP contribution in [0.5, 0.6) is 0 Å². The third-order valence-electron chi connectivity index (χ3n) is 2.63. The molecule has 17 heavy (non-hydrogen) atoms. The van der Waals surface area contributed by atoms with E-state index in [1.165, 1.54) is 5.56 Å². The number of hydrogen-bond acceptors (Lipinski definition) is 1. The van der Waals surface area contributed by atoms with Crippen molar-refractivity contribution in [1.82, 2.24) is 0 Å². The van der Waals surface area contributed by atoms with Crippen LogP contribution >= 0.6 is 45.2 Å². The zero-order valence-corrected chi connectivity index (χ0v) is 15.4. The van der Waals surface area contributed by atoms with Gasteiger partial charge in [0, 0.05) is 0 Å². The molecule has 0 amide bonds. The Kier molecular flexibility index (Phi) is 5.05. The summed E-state index contributed by atoms with van der Waals surface area (Å²) >= 11 is 2.16. The summed E-state index contributed by atoms with van der Waals surface area (Å²) in [7, 11) is 0. The maximum absolute atomic E-state index is 11.4. The SMILES string of the molecule is Cc1cc(C(C)(C)C)ccc1C(I)(I)S(=O)O. The van der Waals surface area contributed by atoms with Crippen molar-refractivity contribution in [3.63, 3.8) is 0 Å². The van der Waals surface area contributed by atoms with E-state index in [-0.39, 0.29) is 5.41 Å². The van der Waals surface area contributed by atoms with Gasteiger partial charge in [0.15, 0.2) is 11.8 Å². The van der Waals surface area contributed by atoms with Gasteiger partial charge in [-0.25, -0.2) is 4.21 Å². The van der Waals surface area contributed by atoms with Crippen molar-refractivity contribution in [1.29, 1.82) is 0 Å². The second-order valence-electron chi connectivity index (χ2n) is 5.05. The van der Waals surface area contributed by atoms with Crippen molar-refractivity contribution in [2.75, 3.05) is 0 Å². The zero-order chi connectivity index (χ0) is 13.4. The lowest BCUT2D eigenvalue weighted by Gasteiger charge is -2.24. The Bertz CT molecular complexity index is 450. The normalized spacial score (nSPS) is 14.8. The van der Waals surface area contributed by atoms with Crippen LogP contribution in [0.25, 0.3) is 0 Å². The molecule has 5 heteroatoms. The minimum atomic E-state index is -1.89. The van der Waals surface area contributed by atoms with E-state index in [0.29, 0.717) is 0 Å². The summed E-state index contributed by atoms with van der Waals surface area (Å²) in [6, 6.07) is 6.11. The molecule has 0 radical (unpaired) electrons. The first-order valence-electron chi connectivity index (χ1n) is 5.17. The fourth-order valence-corrected chi connectivity index (χ4v) is 3.18. The van der Waals surface area contributed by atoms with E-state index in [1.54, 1.807) is 0 Å². The molecule has 0 saturated heterocycles. The lowest BCUT2D eigenvalue weighted by molar-refractivity contribution is 0.562. The Morgan fingerprint density at radius 2 is 1.76 bits per heavy atom. The fourth-order valence-electron chi connectivity index (χ4n) is 1.55. The molecule has 96 valence electrons. The molecule has 1 aromatic carbocycles. The topological polar surface area (TPSA) is 37.3 Å². The average molecular weight is 478 g/mol. The van der Waals surface area contributed by atoms with E-state index in [9.17, 15) is 8.76 Å². The summed E-state index contributed by atoms with van der Waals surface area (Å²) in [4.78, 5) is 0. The van der Waals surface area contributed by atoms with Gasteiger partial charge in [-0.1, -0.05) is 39.0 Å². The first kappa shape index (κ1) is 15.8. The molecular weight excluding hydrogens is 462 g/mol. The molecule has 0 aliphatic rings. The molecule has 1 unspecified atom stereocenters. The average Bonchev–Trinajstić information content (AvgIpc) is 2.15. The Balaban J connectivity index is 3.29. The van der Waals surface area contributed by atoms with Crippen molar-refractivity contribution < 1.29 is 8.76 Å². The van der Waals surface area contributed by atoms with Crippen LogP contribution in [0, 0.1) is 6.92 Å². The third kappa shape index (κ3) is 3.63. The van der Waals surface area contributed by atoms with E-state index in [0.717, 1.165) is 11.1 Å². The number of hydrogen-bond donors (Lipinski definition) is 1. The second-order valence-corrected chi connectivity index (χ2v) is 12.9. The van der Waals surface area contributed by atoms with Gasteiger partial charge in [0.1, 0.15) is 0 Å². The summed E-state index contributed by atoms with van der Waals surface area (Å²) in [5.74, 6) is 0. The van der Waals surface area contributed by atoms with Crippen LogP contribution in [0.3, 0.4) is 0 Å². The van der Waals surface area contributed by atoms with Gasteiger partial charge in [0.2, 0.25) is 0 Å². The van der Waals surface area contributed by atoms with Crippen LogP contribution in [-0.4, -0.2) is 8.76 Å². The quantitative estimate of drug-likeness (QED) is 0.387. The van der Waals surface area contributed by atoms with Crippen LogP contribution in [0.15, 0.2) is 18.2 Å². The minimum Gasteiger partial charge on any atom is -0.304 e. The van der Waals surface area contributed by atoms with Crippen LogP contribution in [-0.2, 0) is 17.3 Å². The zero-order valence-electron chi connectivity index (χ0n) is 10.3. The van der Waals surface area contributed by atoms with Gasteiger partial charge in [-0.15, -0.1) is 0 Å². The van der Waals surface area contributed by atoms with Crippen molar-refractivity contribution in [2.24, 2.45) is 0 Å². The molecule has 2 nitrogen and oxygen atoms in total. The highest BCUT2D eigenvalue weighted by atomic mass is 127. The van der Waals surface area contributed by atoms with Crippen molar-refractivity contribution in [2.45, 2.75) is 33.9 Å². The van der Waals surface area contributed by atoms with Crippen LogP contribution in [0.2, 0.25) is 0 Å². The fraction of sp³-hybridized carbons (Fsp3) is 0.500. The van der Waals surface area contributed by atoms with Crippen LogP contribution in [0.4, 0.5) is 0 Å². The molecule has 0 fully saturated rings. The summed E-state index contributed by atoms with van der Waals surface area (Å²) in [6.45, 7) is 8.47. The Morgan fingerprint density at radius 3 is 2.12 bits per heavy atom. The van der Waals surface area contributed by atoms with Crippen molar-refractivity contribution >= 4 is 56.3 Å². The van der Waals surface area contributed by atoms with E-state index >= 15 is 0 Å². The first-order chi connectivity index (χ1) is 7.56. The van der Waals surface area contributed by atoms with Crippen molar-refractivity contribution in [3.8, 4) is 0 Å². The van der Waals surface area contributed by atoms with Gasteiger partial charge in [0.05, 0.1) is 0 Å². The highest BCUT2D eigenvalue weighted by Crippen LogP contribution is 2.44. The Morgan fingerprint density at radius 1 is 1.24 bits per heavy atom. The highest BCUT2D eigenvalue weighted by Gasteiger charge is 2.33. The van der Waals surface area contributed by atoms with E-state index in [4.69, 9.17) is 0 Å². The van der Waals surface area contributed by atoms with Crippen molar-refractivity contribution in [3.05, 3.63) is 34.9 Å². The minimum absolute atomic E-state index is 0.0981. The molecule has 0 bridgehead atoms. The Labute approximate surface area is 133 Å². The number of halogens is 2. The lowest BCUT2D eigenvalue weighted by atomic mass is 9.85. The largest absolute Gasteiger partial charge is 0.304 e. The molecule has 1 rings (SSSR count). The third-order valence-corrected chi connectivity index (χ3v) is 6.71. The monoisotopic (exact) mass is 478 g/mol. The Hall–Kier alpha value is 0.790. The number of alkyl halides is 2. The summed E-state index contributed by atoms with van der Waals surface area (Å²) in [6.07, 6.45) is 0. The first-order valence-corrected chi connectivity index (χ1v) is 8.43. The second kappa shape index (κ2) is 5.42. The predicted octanol–water partition coefficient (Wildman–Crippen LogP) is 4.49. The van der Waals surface area contributed by atoms with Gasteiger partial charge < -0.3 is 4.55 Å². The number of benzene rings is 1. The molecular formula is C12H16I2O2S. The maximum atomic E-state index is 11.4. The van der Waals surface area contributed by atoms with E-state index in [2.05, 4.69) is 26.8 Å². The van der Waals surface area contributed by atoms with Gasteiger partial charge in [-0.2, -0.15) is 0 Å². The number of aryl methyl sites for hydroxylation is 1. The van der Waals surface area contributed by atoms with E-state index in [1.807, 2.05) is 64.2 Å². The summed E-state index contributed by atoms with van der Waals surface area (Å²) < 4.78 is 19.9. The van der Waals surface area contributed by atoms with Gasteiger partial charge in [0.25, 0.3) is 0 Å². The van der Waals surface area contributed by atoms with Gasteiger partial charge >= 0.3 is 0 Å². The smallest absolute Gasteiger partial charge is 0.198 e. The lowest BCUT2D eigenvalue weighted by Crippen LogP contribution is -2.18. The molecule has 0 heterocycles. The molecule has 0 aliphatic heterocycles. The van der Waals surface area contributed by atoms with Gasteiger partial charge in [-0.05, 0) is 74.2 Å². The highest BCUT2D eigenvalue weighted by molar-refractivity contribution is 14.2. The summed E-state index contributed by atoms with van der Waals surface area (Å²) in [5, 5.41) is 0. The van der Waals surface area contributed by atoms with Crippen LogP contribution < -0.4 is 0 Å². The van der Waals surface area contributed by atoms with Gasteiger partial charge in [-0.3, -0.25) is 0 Å². The van der Waals surface area contributed by atoms with E-state index < -0.39 is 11.8 Å². The van der Waals surface area contributed by atoms with Crippen LogP contribution in [0.1, 0.15) is 37.5 Å². The predicted molar refractivity (Wildman–Crippen MR) is 90.4 cm³/mol. The number of rotatable bonds is 2. The molecule has 0 saturated carbocycles. The molecule has 1 aromatic rings. The molecule has 0 aliphatic carbocycles. The standard InChI is InChI=1S/C12H16I2O2S/c1-8-7-9(11(2,3)4)5-6-10(8)12(13,14)17(15)16/h5-7H,1-4H3,(H,15,16). The maximum Gasteiger partial charge on any atom is 0.198 e. The molecule has 0 aromatic heterocycles. The molecule has 0 spiro atoms. The molecule has 1 N–H and O–H groups in total. The molecule has 1 atom stereocenters.